The SMILES string of the molecule is Cc1ccc(CC(=O)OCC(=O)N2CC(=O)Nc3ccccc32)cc1C. The minimum Gasteiger partial charge on any atom is -0.455 e. The highest BCUT2D eigenvalue weighted by molar-refractivity contribution is 6.10. The molecule has 1 aliphatic rings. The number of rotatable bonds is 4. The number of hydrogen-bond acceptors (Lipinski definition) is 4. The zero-order valence-corrected chi connectivity index (χ0v) is 14.7. The molecule has 2 amide bonds. The van der Waals surface area contributed by atoms with Gasteiger partial charge >= 0.3 is 5.97 Å². The Kier molecular flexibility index (Phi) is 5.02. The van der Waals surface area contributed by atoms with Gasteiger partial charge in [0.2, 0.25) is 5.91 Å². The van der Waals surface area contributed by atoms with Crippen molar-refractivity contribution in [3.05, 3.63) is 59.2 Å². The molecule has 0 fully saturated rings. The third kappa shape index (κ3) is 3.91. The molecule has 0 unspecified atom stereocenters. The smallest absolute Gasteiger partial charge is 0.310 e. The molecule has 0 atom stereocenters. The van der Waals surface area contributed by atoms with E-state index in [9.17, 15) is 14.4 Å². The molecule has 26 heavy (non-hydrogen) atoms. The standard InChI is InChI=1S/C20H20N2O4/c1-13-7-8-15(9-14(13)2)10-20(25)26-12-19(24)22-11-18(23)21-16-5-3-4-6-17(16)22/h3-9H,10-12H2,1-2H3,(H,21,23). The largest absolute Gasteiger partial charge is 0.455 e. The number of esters is 1. The normalized spacial score (nSPS) is 13.0. The van der Waals surface area contributed by atoms with Gasteiger partial charge in [0, 0.05) is 0 Å². The molecule has 6 heteroatoms. The van der Waals surface area contributed by atoms with Crippen LogP contribution in [-0.4, -0.2) is 30.9 Å². The highest BCUT2D eigenvalue weighted by Crippen LogP contribution is 2.28. The summed E-state index contributed by atoms with van der Waals surface area (Å²) in [6.45, 7) is 3.49. The molecule has 2 aromatic carbocycles. The van der Waals surface area contributed by atoms with Crippen molar-refractivity contribution >= 4 is 29.2 Å². The monoisotopic (exact) mass is 352 g/mol. The molecule has 134 valence electrons. The van der Waals surface area contributed by atoms with E-state index in [1.165, 1.54) is 4.90 Å². The molecule has 2 aromatic rings. The first kappa shape index (κ1) is 17.7. The molecule has 0 spiro atoms. The maximum atomic E-state index is 12.4. The van der Waals surface area contributed by atoms with Crippen LogP contribution < -0.4 is 10.2 Å². The van der Waals surface area contributed by atoms with Crippen molar-refractivity contribution in [3.63, 3.8) is 0 Å². The number of benzene rings is 2. The topological polar surface area (TPSA) is 75.7 Å². The fourth-order valence-electron chi connectivity index (χ4n) is 2.81. The molecule has 0 saturated carbocycles. The molecule has 1 aliphatic heterocycles. The summed E-state index contributed by atoms with van der Waals surface area (Å²) >= 11 is 0. The van der Waals surface area contributed by atoms with Gasteiger partial charge in [-0.25, -0.2) is 0 Å². The molecule has 6 nitrogen and oxygen atoms in total. The predicted octanol–water partition coefficient (Wildman–Crippen LogP) is 2.37. The van der Waals surface area contributed by atoms with E-state index in [0.717, 1.165) is 16.7 Å². The number of nitrogens with one attached hydrogen (secondary N) is 1. The Labute approximate surface area is 151 Å². The Balaban J connectivity index is 1.61. The molecule has 0 aliphatic carbocycles. The van der Waals surface area contributed by atoms with Gasteiger partial charge in [0.25, 0.3) is 5.91 Å². The molecular weight excluding hydrogens is 332 g/mol. The number of fused-ring (bicyclic) bond motifs is 1. The second kappa shape index (κ2) is 7.39. The highest BCUT2D eigenvalue weighted by Gasteiger charge is 2.27. The van der Waals surface area contributed by atoms with Crippen LogP contribution in [0.25, 0.3) is 0 Å². The van der Waals surface area contributed by atoms with Crippen LogP contribution in [0.1, 0.15) is 16.7 Å². The number of carbonyl (C=O) groups excluding carboxylic acids is 3. The van der Waals surface area contributed by atoms with Gasteiger partial charge in [0.1, 0.15) is 6.54 Å². The molecule has 1 N–H and O–H groups in total. The Bertz CT molecular complexity index is 876. The molecule has 0 bridgehead atoms. The fourth-order valence-corrected chi connectivity index (χ4v) is 2.81. The minimum absolute atomic E-state index is 0.0927. The third-order valence-electron chi connectivity index (χ3n) is 4.35. The summed E-state index contributed by atoms with van der Waals surface area (Å²) in [5.74, 6) is -1.18. The first-order valence-corrected chi connectivity index (χ1v) is 8.35. The van der Waals surface area contributed by atoms with E-state index in [-0.39, 0.29) is 18.9 Å². The van der Waals surface area contributed by atoms with Crippen molar-refractivity contribution in [1.29, 1.82) is 0 Å². The summed E-state index contributed by atoms with van der Waals surface area (Å²) in [4.78, 5) is 37.6. The zero-order chi connectivity index (χ0) is 18.7. The lowest BCUT2D eigenvalue weighted by Crippen LogP contribution is -2.44. The Morgan fingerprint density at radius 2 is 1.88 bits per heavy atom. The van der Waals surface area contributed by atoms with Crippen LogP contribution in [0, 0.1) is 13.8 Å². The molecule has 0 radical (unpaired) electrons. The summed E-state index contributed by atoms with van der Waals surface area (Å²) in [5, 5.41) is 2.71. The zero-order valence-electron chi connectivity index (χ0n) is 14.7. The molecule has 0 aromatic heterocycles. The first-order chi connectivity index (χ1) is 12.4. The van der Waals surface area contributed by atoms with Crippen LogP contribution in [0.2, 0.25) is 0 Å². The lowest BCUT2D eigenvalue weighted by molar-refractivity contribution is -0.147. The summed E-state index contributed by atoms with van der Waals surface area (Å²) in [7, 11) is 0. The lowest BCUT2D eigenvalue weighted by atomic mass is 10.0. The average molecular weight is 352 g/mol. The molecule has 3 rings (SSSR count). The van der Waals surface area contributed by atoms with Crippen LogP contribution in [-0.2, 0) is 25.5 Å². The lowest BCUT2D eigenvalue weighted by Gasteiger charge is -2.28. The maximum Gasteiger partial charge on any atom is 0.310 e. The van der Waals surface area contributed by atoms with Crippen molar-refractivity contribution in [3.8, 4) is 0 Å². The van der Waals surface area contributed by atoms with Crippen molar-refractivity contribution in [1.82, 2.24) is 0 Å². The third-order valence-corrected chi connectivity index (χ3v) is 4.35. The van der Waals surface area contributed by atoms with E-state index in [1.807, 2.05) is 32.0 Å². The van der Waals surface area contributed by atoms with Gasteiger partial charge in [-0.3, -0.25) is 19.3 Å². The van der Waals surface area contributed by atoms with E-state index in [4.69, 9.17) is 4.74 Å². The van der Waals surface area contributed by atoms with Gasteiger partial charge in [-0.1, -0.05) is 30.3 Å². The number of carbonyl (C=O) groups is 3. The van der Waals surface area contributed by atoms with Crippen molar-refractivity contribution < 1.29 is 19.1 Å². The van der Waals surface area contributed by atoms with Crippen LogP contribution in [0.5, 0.6) is 0 Å². The summed E-state index contributed by atoms with van der Waals surface area (Å²) < 4.78 is 5.12. The summed E-state index contributed by atoms with van der Waals surface area (Å²) in [5.41, 5.74) is 4.26. The quantitative estimate of drug-likeness (QED) is 0.857. The van der Waals surface area contributed by atoms with E-state index in [2.05, 4.69) is 5.32 Å². The van der Waals surface area contributed by atoms with Crippen LogP contribution in [0.3, 0.4) is 0 Å². The average Bonchev–Trinajstić information content (AvgIpc) is 2.62. The van der Waals surface area contributed by atoms with E-state index in [1.54, 1.807) is 24.3 Å². The number of aryl methyl sites for hydroxylation is 2. The molecule has 0 saturated heterocycles. The minimum atomic E-state index is -0.476. The van der Waals surface area contributed by atoms with Gasteiger partial charge in [-0.2, -0.15) is 0 Å². The van der Waals surface area contributed by atoms with Crippen LogP contribution >= 0.6 is 0 Å². The number of para-hydroxylation sites is 2. The second-order valence-corrected chi connectivity index (χ2v) is 6.30. The Morgan fingerprint density at radius 1 is 1.12 bits per heavy atom. The van der Waals surface area contributed by atoms with Crippen LogP contribution in [0.4, 0.5) is 11.4 Å². The Hall–Kier alpha value is -3.15. The van der Waals surface area contributed by atoms with Gasteiger partial charge < -0.3 is 10.1 Å². The summed E-state index contributed by atoms with van der Waals surface area (Å²) in [6.07, 6.45) is 0.103. The van der Waals surface area contributed by atoms with Crippen molar-refractivity contribution in [2.45, 2.75) is 20.3 Å². The number of ether oxygens (including phenoxy) is 1. The van der Waals surface area contributed by atoms with Crippen LogP contribution in [0.15, 0.2) is 42.5 Å². The highest BCUT2D eigenvalue weighted by atomic mass is 16.5. The maximum absolute atomic E-state index is 12.4. The van der Waals surface area contributed by atoms with Gasteiger partial charge in [-0.05, 0) is 42.7 Å². The van der Waals surface area contributed by atoms with Gasteiger partial charge in [0.05, 0.1) is 17.8 Å². The number of nitrogens with zero attached hydrogens (tertiary/aromatic N) is 1. The number of anilines is 2. The van der Waals surface area contributed by atoms with E-state index >= 15 is 0 Å². The van der Waals surface area contributed by atoms with Gasteiger partial charge in [0.15, 0.2) is 6.61 Å². The second-order valence-electron chi connectivity index (χ2n) is 6.30. The fraction of sp³-hybridized carbons (Fsp3) is 0.250. The molecule has 1 heterocycles. The van der Waals surface area contributed by atoms with E-state index < -0.39 is 18.5 Å². The number of hydrogen-bond donors (Lipinski definition) is 1. The number of amides is 2. The van der Waals surface area contributed by atoms with Gasteiger partial charge in [-0.15, -0.1) is 0 Å². The molecular formula is C20H20N2O4. The van der Waals surface area contributed by atoms with Crippen molar-refractivity contribution in [2.75, 3.05) is 23.4 Å². The van der Waals surface area contributed by atoms with Crippen molar-refractivity contribution in [2.24, 2.45) is 0 Å². The first-order valence-electron chi connectivity index (χ1n) is 8.35. The van der Waals surface area contributed by atoms with E-state index in [0.29, 0.717) is 11.4 Å². The summed E-state index contributed by atoms with van der Waals surface area (Å²) in [6, 6.07) is 12.8. The Morgan fingerprint density at radius 3 is 2.65 bits per heavy atom. The predicted molar refractivity (Wildman–Crippen MR) is 98.0 cm³/mol.